The Balaban J connectivity index is 1.74. The molecule has 7 nitrogen and oxygen atoms in total. The Morgan fingerprint density at radius 3 is 2.64 bits per heavy atom. The molecular weight excluding hydrogens is 444 g/mol. The van der Waals surface area contributed by atoms with E-state index in [2.05, 4.69) is 16.0 Å². The summed E-state index contributed by atoms with van der Waals surface area (Å²) in [4.78, 5) is 12.2. The van der Waals surface area contributed by atoms with Gasteiger partial charge in [-0.1, -0.05) is 6.07 Å². The van der Waals surface area contributed by atoms with Gasteiger partial charge >= 0.3 is 12.2 Å². The molecule has 4 N–H and O–H groups in total. The van der Waals surface area contributed by atoms with Crippen LogP contribution in [-0.4, -0.2) is 24.0 Å². The molecule has 33 heavy (non-hydrogen) atoms. The third-order valence-corrected chi connectivity index (χ3v) is 4.53. The predicted octanol–water partition coefficient (Wildman–Crippen LogP) is 4.54. The van der Waals surface area contributed by atoms with E-state index in [1.807, 2.05) is 0 Å². The highest BCUT2D eigenvalue weighted by Crippen LogP contribution is 2.33. The molecule has 2 aromatic carbocycles. The number of carbonyl (C=O) groups is 1. The standard InChI is InChI=1S/C22H18F4N4O3/c1-2-33-19-8-14(11-28-20(19)31)12-4-6-18(17(23)7-12)30-21(32)29-15-5-3-13(10-27)16(9-15)22(24,25)26/h3-9,11,20,28,31H,2H2,1H3,(H2,29,30,32). The number of aliphatic hydroxyl groups is 1. The Morgan fingerprint density at radius 2 is 2.00 bits per heavy atom. The number of allylic oxidation sites excluding steroid dienone is 2. The second-order valence-electron chi connectivity index (χ2n) is 6.79. The number of nitrogens with one attached hydrogen (secondary N) is 3. The Morgan fingerprint density at radius 1 is 1.24 bits per heavy atom. The summed E-state index contributed by atoms with van der Waals surface area (Å²) in [6.07, 6.45) is -2.79. The van der Waals surface area contributed by atoms with Gasteiger partial charge in [0.15, 0.2) is 6.23 Å². The van der Waals surface area contributed by atoms with Gasteiger partial charge < -0.3 is 25.8 Å². The minimum atomic E-state index is -4.78. The molecule has 0 aliphatic carbocycles. The Kier molecular flexibility index (Phi) is 6.89. The van der Waals surface area contributed by atoms with Gasteiger partial charge in [-0.25, -0.2) is 9.18 Å². The fourth-order valence-corrected chi connectivity index (χ4v) is 3.01. The highest BCUT2D eigenvalue weighted by molar-refractivity contribution is 6.00. The molecule has 0 saturated heterocycles. The van der Waals surface area contributed by atoms with E-state index in [4.69, 9.17) is 10.00 Å². The van der Waals surface area contributed by atoms with Crippen molar-refractivity contribution < 1.29 is 32.2 Å². The van der Waals surface area contributed by atoms with Gasteiger partial charge in [-0.3, -0.25) is 0 Å². The number of hydrogen-bond acceptors (Lipinski definition) is 5. The van der Waals surface area contributed by atoms with Crippen LogP contribution in [0.25, 0.3) is 5.57 Å². The van der Waals surface area contributed by atoms with Crippen molar-refractivity contribution in [1.29, 1.82) is 5.26 Å². The topological polar surface area (TPSA) is 106 Å². The number of hydrogen-bond donors (Lipinski definition) is 4. The first-order chi connectivity index (χ1) is 15.6. The van der Waals surface area contributed by atoms with E-state index in [-0.39, 0.29) is 17.1 Å². The number of amides is 2. The molecule has 2 amide bonds. The molecule has 0 radical (unpaired) electrons. The summed E-state index contributed by atoms with van der Waals surface area (Å²) < 4.78 is 59.1. The number of rotatable bonds is 5. The van der Waals surface area contributed by atoms with Crippen LogP contribution in [0, 0.1) is 17.1 Å². The van der Waals surface area contributed by atoms with Crippen molar-refractivity contribution in [2.45, 2.75) is 19.3 Å². The molecule has 1 unspecified atom stereocenters. The van der Waals surface area contributed by atoms with Crippen LogP contribution in [0.4, 0.5) is 33.7 Å². The lowest BCUT2D eigenvalue weighted by molar-refractivity contribution is -0.137. The van der Waals surface area contributed by atoms with Crippen LogP contribution >= 0.6 is 0 Å². The summed E-state index contributed by atoms with van der Waals surface area (Å²) in [5, 5.41) is 25.7. The van der Waals surface area contributed by atoms with Crippen LogP contribution < -0.4 is 16.0 Å². The minimum Gasteiger partial charge on any atom is -0.493 e. The number of dihydropyridines is 1. The number of ether oxygens (including phenoxy) is 1. The lowest BCUT2D eigenvalue weighted by atomic mass is 10.0. The zero-order chi connectivity index (χ0) is 24.2. The van der Waals surface area contributed by atoms with Gasteiger partial charge in [0.2, 0.25) is 0 Å². The molecule has 1 atom stereocenters. The van der Waals surface area contributed by atoms with E-state index < -0.39 is 35.4 Å². The fourth-order valence-electron chi connectivity index (χ4n) is 3.01. The number of anilines is 2. The number of halogens is 4. The number of benzene rings is 2. The molecule has 1 aliphatic rings. The number of carbonyl (C=O) groups excluding carboxylic acids is 1. The first-order valence-corrected chi connectivity index (χ1v) is 9.60. The molecular formula is C22H18F4N4O3. The predicted molar refractivity (Wildman–Crippen MR) is 112 cm³/mol. The summed E-state index contributed by atoms with van der Waals surface area (Å²) in [6, 6.07) is 7.09. The van der Waals surface area contributed by atoms with E-state index >= 15 is 0 Å². The second-order valence-corrected chi connectivity index (χ2v) is 6.79. The third-order valence-electron chi connectivity index (χ3n) is 4.53. The van der Waals surface area contributed by atoms with Gasteiger partial charge in [0.25, 0.3) is 0 Å². The van der Waals surface area contributed by atoms with Gasteiger partial charge in [-0.05, 0) is 48.9 Å². The number of alkyl halides is 3. The molecule has 1 aliphatic heterocycles. The summed E-state index contributed by atoms with van der Waals surface area (Å²) in [7, 11) is 0. The molecule has 0 saturated carbocycles. The summed E-state index contributed by atoms with van der Waals surface area (Å²) in [5.41, 5.74) is -1.26. The Bertz CT molecular complexity index is 1170. The monoisotopic (exact) mass is 462 g/mol. The maximum Gasteiger partial charge on any atom is 0.417 e. The van der Waals surface area contributed by atoms with E-state index in [1.54, 1.807) is 13.0 Å². The minimum absolute atomic E-state index is 0.209. The zero-order valence-electron chi connectivity index (χ0n) is 17.1. The van der Waals surface area contributed by atoms with Crippen LogP contribution in [0.5, 0.6) is 0 Å². The Labute approximate surface area is 186 Å². The second kappa shape index (κ2) is 9.62. The van der Waals surface area contributed by atoms with Crippen LogP contribution in [0.3, 0.4) is 0 Å². The first-order valence-electron chi connectivity index (χ1n) is 9.60. The van der Waals surface area contributed by atoms with Crippen molar-refractivity contribution in [3.63, 3.8) is 0 Å². The number of nitriles is 1. The fraction of sp³-hybridized carbons (Fsp3) is 0.182. The highest BCUT2D eigenvalue weighted by Gasteiger charge is 2.34. The van der Waals surface area contributed by atoms with Gasteiger partial charge in [-0.2, -0.15) is 18.4 Å². The number of urea groups is 1. The molecule has 1 heterocycles. The number of aliphatic hydroxyl groups excluding tert-OH is 1. The molecule has 3 rings (SSSR count). The van der Waals surface area contributed by atoms with Gasteiger partial charge in [0.1, 0.15) is 11.6 Å². The lowest BCUT2D eigenvalue weighted by Crippen LogP contribution is -2.30. The molecule has 11 heteroatoms. The normalized spacial score (nSPS) is 15.5. The summed E-state index contributed by atoms with van der Waals surface area (Å²) in [6.45, 7) is 2.08. The van der Waals surface area contributed by atoms with Gasteiger partial charge in [0, 0.05) is 17.5 Å². The molecule has 2 aromatic rings. The zero-order valence-corrected chi connectivity index (χ0v) is 17.1. The van der Waals surface area contributed by atoms with Gasteiger partial charge in [-0.15, -0.1) is 0 Å². The molecule has 0 spiro atoms. The van der Waals surface area contributed by atoms with E-state index in [1.165, 1.54) is 24.4 Å². The number of nitrogens with zero attached hydrogens (tertiary/aromatic N) is 1. The largest absolute Gasteiger partial charge is 0.493 e. The first kappa shape index (κ1) is 23.6. The van der Waals surface area contributed by atoms with Crippen LogP contribution in [-0.2, 0) is 10.9 Å². The van der Waals surface area contributed by atoms with E-state index in [0.29, 0.717) is 23.8 Å². The molecule has 0 aromatic heterocycles. The Hall–Kier alpha value is -4.04. The maximum absolute atomic E-state index is 14.6. The van der Waals surface area contributed by atoms with Crippen molar-refractivity contribution in [2.75, 3.05) is 17.2 Å². The average molecular weight is 462 g/mol. The third kappa shape index (κ3) is 5.61. The van der Waals surface area contributed by atoms with Crippen LogP contribution in [0.15, 0.2) is 54.4 Å². The average Bonchev–Trinajstić information content (AvgIpc) is 2.76. The smallest absolute Gasteiger partial charge is 0.417 e. The molecule has 172 valence electrons. The van der Waals surface area contributed by atoms with E-state index in [9.17, 15) is 27.5 Å². The lowest BCUT2D eigenvalue weighted by Gasteiger charge is -2.21. The maximum atomic E-state index is 14.6. The molecule has 0 fully saturated rings. The summed E-state index contributed by atoms with van der Waals surface area (Å²) in [5.74, 6) is -0.533. The van der Waals surface area contributed by atoms with Crippen molar-refractivity contribution in [1.82, 2.24) is 5.32 Å². The van der Waals surface area contributed by atoms with E-state index in [0.717, 1.165) is 18.2 Å². The van der Waals surface area contributed by atoms with Gasteiger partial charge in [0.05, 0.1) is 29.5 Å². The molecule has 0 bridgehead atoms. The summed E-state index contributed by atoms with van der Waals surface area (Å²) >= 11 is 0. The van der Waals surface area contributed by atoms with Crippen molar-refractivity contribution >= 4 is 23.0 Å². The highest BCUT2D eigenvalue weighted by atomic mass is 19.4. The SMILES string of the molecule is CCOC1=CC(c2ccc(NC(=O)Nc3ccc(C#N)c(C(F)(F)F)c3)c(F)c2)=CNC1O. The van der Waals surface area contributed by atoms with Crippen LogP contribution in [0.1, 0.15) is 23.6 Å². The van der Waals surface area contributed by atoms with Crippen molar-refractivity contribution in [2.24, 2.45) is 0 Å². The van der Waals surface area contributed by atoms with Crippen LogP contribution in [0.2, 0.25) is 0 Å². The van der Waals surface area contributed by atoms with Crippen molar-refractivity contribution in [3.8, 4) is 6.07 Å². The van der Waals surface area contributed by atoms with Crippen molar-refractivity contribution in [3.05, 3.63) is 76.9 Å². The quantitative estimate of drug-likeness (QED) is 0.488.